The lowest BCUT2D eigenvalue weighted by Crippen LogP contribution is -2.32. The summed E-state index contributed by atoms with van der Waals surface area (Å²) >= 11 is 1.54. The van der Waals surface area contributed by atoms with Gasteiger partial charge in [-0.3, -0.25) is 4.79 Å². The summed E-state index contributed by atoms with van der Waals surface area (Å²) in [4.78, 5) is 18.1. The highest BCUT2D eigenvalue weighted by Crippen LogP contribution is 2.31. The second kappa shape index (κ2) is 7.81. The number of hydrogen-bond donors (Lipinski definition) is 1. The topological polar surface area (TPSA) is 51.2 Å². The van der Waals surface area contributed by atoms with Crippen molar-refractivity contribution in [2.75, 3.05) is 13.2 Å². The number of carbonyl (C=O) groups is 1. The number of aryl methyl sites for hydroxylation is 2. The average Bonchev–Trinajstić information content (AvgIpc) is 3.10. The van der Waals surface area contributed by atoms with Crippen LogP contribution >= 0.6 is 11.8 Å². The predicted molar refractivity (Wildman–Crippen MR) is 95.6 cm³/mol. The molecule has 1 saturated heterocycles. The number of nitrogens with zero attached hydrogens (tertiary/aromatic N) is 1. The van der Waals surface area contributed by atoms with Gasteiger partial charge >= 0.3 is 0 Å². The lowest BCUT2D eigenvalue weighted by Gasteiger charge is -2.13. The number of carbonyl (C=O) groups excluding carboxylic acids is 1. The Kier molecular flexibility index (Phi) is 5.53. The molecular formula is C19H22N2O2S. The van der Waals surface area contributed by atoms with Gasteiger partial charge in [0, 0.05) is 24.2 Å². The summed E-state index contributed by atoms with van der Waals surface area (Å²) in [5.41, 5.74) is 2.99. The summed E-state index contributed by atoms with van der Waals surface area (Å²) in [6, 6.07) is 9.94. The van der Waals surface area contributed by atoms with Gasteiger partial charge < -0.3 is 10.1 Å². The second-order valence-corrected chi connectivity index (χ2v) is 7.10. The minimum Gasteiger partial charge on any atom is -0.376 e. The van der Waals surface area contributed by atoms with E-state index in [0.29, 0.717) is 12.1 Å². The molecule has 1 aromatic heterocycles. The standard InChI is InChI=1S/C19H22N2O2S/c1-13-7-8-14(2)17(11-13)24-19-16(6-3-9-20-19)18(22)21-12-15-5-4-10-23-15/h3,6-9,11,15H,4-5,10,12H2,1-2H3,(H,21,22)/t15-/m0/s1. The quantitative estimate of drug-likeness (QED) is 0.899. The van der Waals surface area contributed by atoms with E-state index in [-0.39, 0.29) is 12.0 Å². The molecule has 0 unspecified atom stereocenters. The largest absolute Gasteiger partial charge is 0.376 e. The molecular weight excluding hydrogens is 320 g/mol. The van der Waals surface area contributed by atoms with Crippen molar-refractivity contribution in [2.45, 2.75) is 42.7 Å². The fraction of sp³-hybridized carbons (Fsp3) is 0.368. The van der Waals surface area contributed by atoms with Crippen LogP contribution in [0.15, 0.2) is 46.5 Å². The summed E-state index contributed by atoms with van der Waals surface area (Å²) in [6.07, 6.45) is 3.95. The van der Waals surface area contributed by atoms with E-state index in [1.54, 1.807) is 12.3 Å². The molecule has 1 amide bonds. The number of ether oxygens (including phenoxy) is 1. The number of aromatic nitrogens is 1. The van der Waals surface area contributed by atoms with E-state index in [1.807, 2.05) is 6.07 Å². The van der Waals surface area contributed by atoms with Gasteiger partial charge in [-0.1, -0.05) is 23.9 Å². The maximum atomic E-state index is 12.5. The molecule has 1 atom stereocenters. The van der Waals surface area contributed by atoms with Gasteiger partial charge in [0.1, 0.15) is 5.03 Å². The third kappa shape index (κ3) is 4.16. The van der Waals surface area contributed by atoms with Gasteiger partial charge in [0.15, 0.2) is 0 Å². The molecule has 24 heavy (non-hydrogen) atoms. The molecule has 4 nitrogen and oxygen atoms in total. The van der Waals surface area contributed by atoms with Gasteiger partial charge in [0.25, 0.3) is 5.91 Å². The molecule has 126 valence electrons. The Morgan fingerprint density at radius 2 is 2.25 bits per heavy atom. The number of hydrogen-bond acceptors (Lipinski definition) is 4. The van der Waals surface area contributed by atoms with Crippen LogP contribution in [-0.2, 0) is 4.74 Å². The molecule has 1 aromatic carbocycles. The zero-order valence-corrected chi connectivity index (χ0v) is 14.9. The van der Waals surface area contributed by atoms with Crippen molar-refractivity contribution in [2.24, 2.45) is 0 Å². The van der Waals surface area contributed by atoms with Crippen molar-refractivity contribution < 1.29 is 9.53 Å². The van der Waals surface area contributed by atoms with Crippen molar-refractivity contribution in [3.63, 3.8) is 0 Å². The van der Waals surface area contributed by atoms with Crippen LogP contribution in [0.3, 0.4) is 0 Å². The van der Waals surface area contributed by atoms with Gasteiger partial charge in [0.05, 0.1) is 11.7 Å². The van der Waals surface area contributed by atoms with Crippen molar-refractivity contribution in [3.05, 3.63) is 53.2 Å². The molecule has 3 rings (SSSR count). The first kappa shape index (κ1) is 17.0. The van der Waals surface area contributed by atoms with Gasteiger partial charge in [0.2, 0.25) is 0 Å². The van der Waals surface area contributed by atoms with E-state index in [4.69, 9.17) is 4.74 Å². The van der Waals surface area contributed by atoms with Crippen LogP contribution in [0.4, 0.5) is 0 Å². The summed E-state index contributed by atoms with van der Waals surface area (Å²) in [7, 11) is 0. The second-order valence-electron chi connectivity index (χ2n) is 6.07. The first-order valence-corrected chi connectivity index (χ1v) is 9.05. The van der Waals surface area contributed by atoms with Crippen molar-refractivity contribution in [3.8, 4) is 0 Å². The smallest absolute Gasteiger partial charge is 0.254 e. The molecule has 0 aliphatic carbocycles. The highest BCUT2D eigenvalue weighted by Gasteiger charge is 2.19. The van der Waals surface area contributed by atoms with Crippen LogP contribution < -0.4 is 5.32 Å². The van der Waals surface area contributed by atoms with Crippen LogP contribution in [0.25, 0.3) is 0 Å². The van der Waals surface area contributed by atoms with E-state index in [2.05, 4.69) is 42.3 Å². The third-order valence-corrected chi connectivity index (χ3v) is 5.26. The molecule has 2 aromatic rings. The number of amides is 1. The van der Waals surface area contributed by atoms with E-state index < -0.39 is 0 Å². The minimum atomic E-state index is -0.0913. The molecule has 1 fully saturated rings. The number of benzene rings is 1. The highest BCUT2D eigenvalue weighted by molar-refractivity contribution is 7.99. The summed E-state index contributed by atoms with van der Waals surface area (Å²) in [5.74, 6) is -0.0913. The number of rotatable bonds is 5. The monoisotopic (exact) mass is 342 g/mol. The Bertz CT molecular complexity index is 727. The molecule has 0 radical (unpaired) electrons. The minimum absolute atomic E-state index is 0.0913. The maximum Gasteiger partial charge on any atom is 0.254 e. The van der Waals surface area contributed by atoms with Gasteiger partial charge in [-0.15, -0.1) is 0 Å². The van der Waals surface area contributed by atoms with Crippen LogP contribution in [0.1, 0.15) is 34.3 Å². The molecule has 0 bridgehead atoms. The van der Waals surface area contributed by atoms with Crippen molar-refractivity contribution in [1.29, 1.82) is 0 Å². The van der Waals surface area contributed by atoms with Gasteiger partial charge in [-0.2, -0.15) is 0 Å². The Morgan fingerprint density at radius 3 is 3.04 bits per heavy atom. The molecule has 1 aliphatic rings. The SMILES string of the molecule is Cc1ccc(C)c(Sc2ncccc2C(=O)NC[C@@H]2CCCO2)c1. The highest BCUT2D eigenvalue weighted by atomic mass is 32.2. The van der Waals surface area contributed by atoms with Gasteiger partial charge in [-0.25, -0.2) is 4.98 Å². The Balaban J connectivity index is 1.74. The first-order chi connectivity index (χ1) is 11.6. The van der Waals surface area contributed by atoms with Crippen molar-refractivity contribution >= 4 is 17.7 Å². The van der Waals surface area contributed by atoms with Crippen LogP contribution in [-0.4, -0.2) is 30.1 Å². The van der Waals surface area contributed by atoms with E-state index in [0.717, 1.165) is 29.4 Å². The predicted octanol–water partition coefficient (Wildman–Crippen LogP) is 3.76. The molecule has 1 N–H and O–H groups in total. The Morgan fingerprint density at radius 1 is 1.38 bits per heavy atom. The van der Waals surface area contributed by atoms with E-state index in [9.17, 15) is 4.79 Å². The molecule has 0 saturated carbocycles. The van der Waals surface area contributed by atoms with Crippen LogP contribution in [0.2, 0.25) is 0 Å². The Hall–Kier alpha value is -1.85. The summed E-state index contributed by atoms with van der Waals surface area (Å²) in [5, 5.41) is 3.71. The lowest BCUT2D eigenvalue weighted by molar-refractivity contribution is 0.0855. The summed E-state index contributed by atoms with van der Waals surface area (Å²) in [6.45, 7) is 5.49. The number of nitrogens with one attached hydrogen (secondary N) is 1. The molecule has 5 heteroatoms. The normalized spacial score (nSPS) is 17.0. The third-order valence-electron chi connectivity index (χ3n) is 4.08. The molecule has 0 spiro atoms. The molecule has 1 aliphatic heterocycles. The fourth-order valence-electron chi connectivity index (χ4n) is 2.67. The van der Waals surface area contributed by atoms with Crippen LogP contribution in [0, 0.1) is 13.8 Å². The average molecular weight is 342 g/mol. The zero-order chi connectivity index (χ0) is 16.9. The van der Waals surface area contributed by atoms with Gasteiger partial charge in [-0.05, 0) is 56.0 Å². The summed E-state index contributed by atoms with van der Waals surface area (Å²) < 4.78 is 5.56. The lowest BCUT2D eigenvalue weighted by atomic mass is 10.2. The van der Waals surface area contributed by atoms with Crippen LogP contribution in [0.5, 0.6) is 0 Å². The van der Waals surface area contributed by atoms with E-state index in [1.165, 1.54) is 22.9 Å². The van der Waals surface area contributed by atoms with E-state index >= 15 is 0 Å². The number of pyridine rings is 1. The fourth-order valence-corrected chi connectivity index (χ4v) is 3.74. The van der Waals surface area contributed by atoms with Crippen molar-refractivity contribution in [1.82, 2.24) is 10.3 Å². The first-order valence-electron chi connectivity index (χ1n) is 8.23. The Labute approximate surface area is 147 Å². The molecule has 2 heterocycles. The maximum absolute atomic E-state index is 12.5. The zero-order valence-electron chi connectivity index (χ0n) is 14.0.